The zero-order valence-corrected chi connectivity index (χ0v) is 14.8. The minimum Gasteiger partial charge on any atom is -0.306 e. The van der Waals surface area contributed by atoms with E-state index in [0.29, 0.717) is 26.6 Å². The Labute approximate surface area is 148 Å². The van der Waals surface area contributed by atoms with E-state index in [2.05, 4.69) is 9.97 Å². The lowest BCUT2D eigenvalue weighted by molar-refractivity contribution is 0.467. The molecule has 0 fully saturated rings. The number of nitrogens with zero attached hydrogens (tertiary/aromatic N) is 1. The summed E-state index contributed by atoms with van der Waals surface area (Å²) in [4.78, 5) is 16.5. The zero-order chi connectivity index (χ0) is 17.5. The molecule has 0 spiro atoms. The number of sulfonamides is 1. The molecule has 0 bridgehead atoms. The molecule has 0 unspecified atom stereocenters. The lowest BCUT2D eigenvalue weighted by Gasteiger charge is -2.17. The van der Waals surface area contributed by atoms with E-state index < -0.39 is 10.0 Å². The third kappa shape index (κ3) is 3.21. The third-order valence-electron chi connectivity index (χ3n) is 3.58. The molecule has 6 nitrogen and oxygen atoms in total. The molecule has 0 aliphatic heterocycles. The van der Waals surface area contributed by atoms with E-state index in [9.17, 15) is 13.2 Å². The molecule has 0 saturated heterocycles. The number of fused-ring (bicyclic) bond motifs is 1. The molecule has 0 aliphatic rings. The first kappa shape index (κ1) is 17.0. The number of hydrogen-bond donors (Lipinski definition) is 2. The van der Waals surface area contributed by atoms with Gasteiger partial charge in [0.1, 0.15) is 0 Å². The van der Waals surface area contributed by atoms with E-state index in [1.54, 1.807) is 24.3 Å². The predicted molar refractivity (Wildman–Crippen MR) is 94.0 cm³/mol. The van der Waals surface area contributed by atoms with Crippen LogP contribution < -0.4 is 5.69 Å². The molecule has 2 N–H and O–H groups in total. The average molecular weight is 386 g/mol. The second kappa shape index (κ2) is 6.25. The van der Waals surface area contributed by atoms with Crippen LogP contribution in [0.15, 0.2) is 46.1 Å². The van der Waals surface area contributed by atoms with Crippen molar-refractivity contribution in [1.82, 2.24) is 14.3 Å². The molecular weight excluding hydrogens is 373 g/mol. The molecular formula is C15H13Cl2N3O3S. The van der Waals surface area contributed by atoms with Crippen LogP contribution in [0.5, 0.6) is 0 Å². The van der Waals surface area contributed by atoms with E-state index in [1.807, 2.05) is 0 Å². The summed E-state index contributed by atoms with van der Waals surface area (Å²) in [5.41, 5.74) is 1.31. The number of halogens is 2. The van der Waals surface area contributed by atoms with Crippen LogP contribution >= 0.6 is 23.2 Å². The smallest absolute Gasteiger partial charge is 0.306 e. The van der Waals surface area contributed by atoms with Gasteiger partial charge in [0.05, 0.1) is 26.0 Å². The highest BCUT2D eigenvalue weighted by molar-refractivity contribution is 7.89. The summed E-state index contributed by atoms with van der Waals surface area (Å²) in [6.07, 6.45) is 0. The van der Waals surface area contributed by atoms with Crippen LogP contribution in [0.2, 0.25) is 10.0 Å². The van der Waals surface area contributed by atoms with Crippen molar-refractivity contribution in [3.63, 3.8) is 0 Å². The van der Waals surface area contributed by atoms with Crippen LogP contribution in [-0.4, -0.2) is 29.7 Å². The highest BCUT2D eigenvalue weighted by Gasteiger charge is 2.22. The molecule has 3 rings (SSSR count). The van der Waals surface area contributed by atoms with Gasteiger partial charge in [0.2, 0.25) is 10.0 Å². The molecule has 1 aromatic heterocycles. The maximum atomic E-state index is 12.7. The summed E-state index contributed by atoms with van der Waals surface area (Å²) in [5, 5.41) is 0.777. The van der Waals surface area contributed by atoms with Crippen molar-refractivity contribution in [3.8, 4) is 0 Å². The summed E-state index contributed by atoms with van der Waals surface area (Å²) < 4.78 is 26.6. The number of nitrogens with one attached hydrogen (secondary N) is 2. The Bertz CT molecular complexity index is 1070. The fraction of sp³-hybridized carbons (Fsp3) is 0.133. The highest BCUT2D eigenvalue weighted by atomic mass is 35.5. The second-order valence-corrected chi connectivity index (χ2v) is 8.16. The molecule has 0 amide bonds. The van der Waals surface area contributed by atoms with Crippen molar-refractivity contribution in [2.24, 2.45) is 0 Å². The van der Waals surface area contributed by atoms with Crippen LogP contribution in [0.1, 0.15) is 5.56 Å². The zero-order valence-electron chi connectivity index (χ0n) is 12.5. The first-order valence-electron chi connectivity index (χ1n) is 6.90. The maximum Gasteiger partial charge on any atom is 0.323 e. The standard InChI is InChI=1S/C15H13Cl2N3O3S/c1-20(8-9-2-4-11(16)12(17)6-9)24(22,23)10-3-5-13-14(7-10)19-15(21)18-13/h2-7H,8H2,1H3,(H2,18,19,21). The minimum absolute atomic E-state index is 0.0906. The average Bonchev–Trinajstić information content (AvgIpc) is 2.90. The van der Waals surface area contributed by atoms with Crippen molar-refractivity contribution >= 4 is 44.3 Å². The Balaban J connectivity index is 1.92. The van der Waals surface area contributed by atoms with Crippen LogP contribution in [0.3, 0.4) is 0 Å². The normalized spacial score (nSPS) is 12.2. The Kier molecular flexibility index (Phi) is 4.44. The van der Waals surface area contributed by atoms with Gasteiger partial charge in [-0.3, -0.25) is 0 Å². The Morgan fingerprint density at radius 2 is 1.71 bits per heavy atom. The third-order valence-corrected chi connectivity index (χ3v) is 6.12. The van der Waals surface area contributed by atoms with Crippen molar-refractivity contribution in [2.75, 3.05) is 7.05 Å². The lowest BCUT2D eigenvalue weighted by Crippen LogP contribution is -2.26. The van der Waals surface area contributed by atoms with Gasteiger partial charge in [0.25, 0.3) is 0 Å². The maximum absolute atomic E-state index is 12.7. The van der Waals surface area contributed by atoms with E-state index >= 15 is 0 Å². The molecule has 2 aromatic carbocycles. The SMILES string of the molecule is CN(Cc1ccc(Cl)c(Cl)c1)S(=O)(=O)c1ccc2[nH]c(=O)[nH]c2c1. The monoisotopic (exact) mass is 385 g/mol. The molecule has 3 aromatic rings. The van der Waals surface area contributed by atoms with Crippen LogP contribution in [0.25, 0.3) is 11.0 Å². The molecule has 0 saturated carbocycles. The van der Waals surface area contributed by atoms with Crippen LogP contribution in [-0.2, 0) is 16.6 Å². The summed E-state index contributed by atoms with van der Waals surface area (Å²) in [6.45, 7) is 0.140. The van der Waals surface area contributed by atoms with Gasteiger partial charge in [-0.15, -0.1) is 0 Å². The van der Waals surface area contributed by atoms with E-state index in [0.717, 1.165) is 0 Å². The summed E-state index contributed by atoms with van der Waals surface area (Å²) >= 11 is 11.8. The summed E-state index contributed by atoms with van der Waals surface area (Å²) in [5.74, 6) is 0. The Morgan fingerprint density at radius 3 is 2.42 bits per heavy atom. The number of imidazole rings is 1. The van der Waals surface area contributed by atoms with E-state index in [1.165, 1.54) is 23.5 Å². The van der Waals surface area contributed by atoms with Gasteiger partial charge in [-0.2, -0.15) is 4.31 Å². The number of aromatic amines is 2. The van der Waals surface area contributed by atoms with Crippen molar-refractivity contribution in [3.05, 3.63) is 62.5 Å². The molecule has 0 atom stereocenters. The molecule has 9 heteroatoms. The van der Waals surface area contributed by atoms with Gasteiger partial charge < -0.3 is 9.97 Å². The van der Waals surface area contributed by atoms with Gasteiger partial charge in [-0.05, 0) is 35.9 Å². The van der Waals surface area contributed by atoms with Crippen molar-refractivity contribution in [1.29, 1.82) is 0 Å². The van der Waals surface area contributed by atoms with Gasteiger partial charge in [0, 0.05) is 13.6 Å². The van der Waals surface area contributed by atoms with Crippen molar-refractivity contribution in [2.45, 2.75) is 11.4 Å². The van der Waals surface area contributed by atoms with E-state index in [-0.39, 0.29) is 17.1 Å². The van der Waals surface area contributed by atoms with E-state index in [4.69, 9.17) is 23.2 Å². The molecule has 0 radical (unpaired) electrons. The number of H-pyrrole nitrogens is 2. The second-order valence-electron chi connectivity index (χ2n) is 5.30. The number of aromatic nitrogens is 2. The van der Waals surface area contributed by atoms with Crippen molar-refractivity contribution < 1.29 is 8.42 Å². The topological polar surface area (TPSA) is 86.0 Å². The first-order chi connectivity index (χ1) is 11.3. The first-order valence-corrected chi connectivity index (χ1v) is 9.09. The largest absolute Gasteiger partial charge is 0.323 e. The lowest BCUT2D eigenvalue weighted by atomic mass is 10.2. The Hall–Kier alpha value is -1.80. The number of hydrogen-bond acceptors (Lipinski definition) is 3. The van der Waals surface area contributed by atoms with Gasteiger partial charge in [0.15, 0.2) is 0 Å². The number of rotatable bonds is 4. The van der Waals surface area contributed by atoms with Crippen LogP contribution in [0.4, 0.5) is 0 Å². The number of benzene rings is 2. The van der Waals surface area contributed by atoms with Gasteiger partial charge in [-0.1, -0.05) is 29.3 Å². The highest BCUT2D eigenvalue weighted by Crippen LogP contribution is 2.25. The molecule has 126 valence electrons. The molecule has 1 heterocycles. The van der Waals surface area contributed by atoms with Crippen LogP contribution in [0, 0.1) is 0 Å². The summed E-state index contributed by atoms with van der Waals surface area (Å²) in [6, 6.07) is 9.39. The molecule has 24 heavy (non-hydrogen) atoms. The Morgan fingerprint density at radius 1 is 1.00 bits per heavy atom. The fourth-order valence-corrected chi connectivity index (χ4v) is 3.84. The summed E-state index contributed by atoms with van der Waals surface area (Å²) in [7, 11) is -2.25. The molecule has 0 aliphatic carbocycles. The predicted octanol–water partition coefficient (Wildman–Crippen LogP) is 2.98. The minimum atomic E-state index is -3.72. The van der Waals surface area contributed by atoms with Gasteiger partial charge in [-0.25, -0.2) is 13.2 Å². The van der Waals surface area contributed by atoms with Gasteiger partial charge >= 0.3 is 5.69 Å². The quantitative estimate of drug-likeness (QED) is 0.723. The fourth-order valence-electron chi connectivity index (χ4n) is 2.33.